The van der Waals surface area contributed by atoms with E-state index in [0.717, 1.165) is 24.3 Å². The van der Waals surface area contributed by atoms with Gasteiger partial charge in [-0.2, -0.15) is 9.61 Å². The van der Waals surface area contributed by atoms with Crippen molar-refractivity contribution in [3.8, 4) is 0 Å². The maximum Gasteiger partial charge on any atom is 0.183 e. The van der Waals surface area contributed by atoms with Gasteiger partial charge in [0, 0.05) is 12.7 Å². The summed E-state index contributed by atoms with van der Waals surface area (Å²) in [6.45, 7) is 0.556. The normalized spacial score (nSPS) is 25.3. The smallest absolute Gasteiger partial charge is 0.183 e. The van der Waals surface area contributed by atoms with Gasteiger partial charge in [0.05, 0.1) is 6.10 Å². The summed E-state index contributed by atoms with van der Waals surface area (Å²) in [5, 5.41) is 12.4. The molecule has 0 amide bonds. The highest BCUT2D eigenvalue weighted by molar-refractivity contribution is 5.35. The average Bonchev–Trinajstić information content (AvgIpc) is 2.94. The molecule has 1 fully saturated rings. The van der Waals surface area contributed by atoms with Gasteiger partial charge in [-0.25, -0.2) is 0 Å². The average molecular weight is 219 g/mol. The lowest BCUT2D eigenvalue weighted by Gasteiger charge is -2.09. The predicted octanol–water partition coefficient (Wildman–Crippen LogP) is 0.303. The monoisotopic (exact) mass is 219 g/mol. The molecular formula is C10H13N5O. The lowest BCUT2D eigenvalue weighted by atomic mass is 10.2. The molecule has 0 aromatic carbocycles. The largest absolute Gasteiger partial charge is 0.366 e. The van der Waals surface area contributed by atoms with E-state index in [2.05, 4.69) is 15.3 Å². The molecule has 2 aromatic rings. The highest BCUT2D eigenvalue weighted by atomic mass is 16.5. The van der Waals surface area contributed by atoms with Crippen LogP contribution in [0.25, 0.3) is 5.65 Å². The van der Waals surface area contributed by atoms with Gasteiger partial charge < -0.3 is 10.5 Å². The minimum absolute atomic E-state index is 0.0292. The molecule has 1 saturated heterocycles. The van der Waals surface area contributed by atoms with Crippen LogP contribution < -0.4 is 5.73 Å². The Morgan fingerprint density at radius 2 is 2.38 bits per heavy atom. The minimum atomic E-state index is -0.0292. The summed E-state index contributed by atoms with van der Waals surface area (Å²) in [5.74, 6) is 0.770. The summed E-state index contributed by atoms with van der Waals surface area (Å²) >= 11 is 0. The third kappa shape index (κ3) is 1.46. The van der Waals surface area contributed by atoms with Crippen molar-refractivity contribution in [2.45, 2.75) is 25.0 Å². The molecule has 3 rings (SSSR count). The molecular weight excluding hydrogens is 206 g/mol. The zero-order chi connectivity index (χ0) is 11.0. The first-order valence-electron chi connectivity index (χ1n) is 5.40. The molecule has 3 heterocycles. The van der Waals surface area contributed by atoms with Gasteiger partial charge in [-0.3, -0.25) is 0 Å². The Bertz CT molecular complexity index is 497. The van der Waals surface area contributed by atoms with Crippen LogP contribution in [0.5, 0.6) is 0 Å². The number of nitrogens with two attached hydrogens (primary N) is 1. The molecule has 16 heavy (non-hydrogen) atoms. The van der Waals surface area contributed by atoms with Crippen LogP contribution in [0, 0.1) is 0 Å². The topological polar surface area (TPSA) is 78.3 Å². The molecule has 1 aliphatic heterocycles. The lowest BCUT2D eigenvalue weighted by Crippen LogP contribution is -2.19. The maximum absolute atomic E-state index is 5.77. The van der Waals surface area contributed by atoms with Crippen molar-refractivity contribution >= 4 is 5.65 Å². The Kier molecular flexibility index (Phi) is 2.30. The van der Waals surface area contributed by atoms with Crippen LogP contribution in [-0.2, 0) is 4.74 Å². The van der Waals surface area contributed by atoms with Gasteiger partial charge in [0.2, 0.25) is 0 Å². The zero-order valence-corrected chi connectivity index (χ0v) is 8.78. The SMILES string of the molecule is NCC1CCC(c2nnc3cccnn23)O1. The van der Waals surface area contributed by atoms with Crippen LogP contribution in [0.3, 0.4) is 0 Å². The van der Waals surface area contributed by atoms with Crippen molar-refractivity contribution < 1.29 is 4.74 Å². The highest BCUT2D eigenvalue weighted by Gasteiger charge is 2.29. The van der Waals surface area contributed by atoms with E-state index in [0.29, 0.717) is 6.54 Å². The van der Waals surface area contributed by atoms with Gasteiger partial charge in [-0.05, 0) is 25.0 Å². The summed E-state index contributed by atoms with van der Waals surface area (Å²) in [5.41, 5.74) is 6.33. The van der Waals surface area contributed by atoms with E-state index in [1.54, 1.807) is 10.7 Å². The van der Waals surface area contributed by atoms with Gasteiger partial charge in [0.25, 0.3) is 0 Å². The molecule has 0 radical (unpaired) electrons. The van der Waals surface area contributed by atoms with Crippen molar-refractivity contribution in [2.75, 3.05) is 6.54 Å². The lowest BCUT2D eigenvalue weighted by molar-refractivity contribution is 0.0436. The third-order valence-electron chi connectivity index (χ3n) is 2.86. The maximum atomic E-state index is 5.77. The van der Waals surface area contributed by atoms with Crippen LogP contribution in [0.2, 0.25) is 0 Å². The predicted molar refractivity (Wildman–Crippen MR) is 56.7 cm³/mol. The van der Waals surface area contributed by atoms with Crippen molar-refractivity contribution in [3.63, 3.8) is 0 Å². The summed E-state index contributed by atoms with van der Waals surface area (Å²) in [7, 11) is 0. The fourth-order valence-electron chi connectivity index (χ4n) is 2.03. The number of fused-ring (bicyclic) bond motifs is 1. The second-order valence-corrected chi connectivity index (χ2v) is 3.91. The summed E-state index contributed by atoms with van der Waals surface area (Å²) in [6, 6.07) is 3.71. The number of ether oxygens (including phenoxy) is 1. The standard InChI is InChI=1S/C10H13N5O/c11-6-7-3-4-8(16-7)10-14-13-9-2-1-5-12-15(9)10/h1-2,5,7-8H,3-4,6,11H2. The number of aromatic nitrogens is 4. The summed E-state index contributed by atoms with van der Waals surface area (Å²) in [6.07, 6.45) is 3.73. The van der Waals surface area contributed by atoms with Crippen LogP contribution in [0.15, 0.2) is 18.3 Å². The van der Waals surface area contributed by atoms with Crippen molar-refractivity contribution in [1.29, 1.82) is 0 Å². The molecule has 6 heteroatoms. The van der Waals surface area contributed by atoms with Gasteiger partial charge >= 0.3 is 0 Å². The molecule has 2 atom stereocenters. The molecule has 6 nitrogen and oxygen atoms in total. The first-order chi connectivity index (χ1) is 7.88. The van der Waals surface area contributed by atoms with Crippen LogP contribution in [-0.4, -0.2) is 32.5 Å². The fourth-order valence-corrected chi connectivity index (χ4v) is 2.03. The molecule has 2 unspecified atom stereocenters. The molecule has 0 saturated carbocycles. The Hall–Kier alpha value is -1.53. The number of rotatable bonds is 2. The van der Waals surface area contributed by atoms with E-state index in [4.69, 9.17) is 10.5 Å². The van der Waals surface area contributed by atoms with Gasteiger partial charge in [0.15, 0.2) is 11.5 Å². The minimum Gasteiger partial charge on any atom is -0.366 e. The second kappa shape index (κ2) is 3.80. The van der Waals surface area contributed by atoms with Gasteiger partial charge in [0.1, 0.15) is 6.10 Å². The molecule has 2 N–H and O–H groups in total. The Balaban J connectivity index is 1.95. The highest BCUT2D eigenvalue weighted by Crippen LogP contribution is 2.30. The quantitative estimate of drug-likeness (QED) is 0.786. The molecule has 1 aliphatic rings. The second-order valence-electron chi connectivity index (χ2n) is 3.91. The number of hydrogen-bond acceptors (Lipinski definition) is 5. The van der Waals surface area contributed by atoms with E-state index in [-0.39, 0.29) is 12.2 Å². The van der Waals surface area contributed by atoms with Crippen LogP contribution in [0.1, 0.15) is 24.8 Å². The van der Waals surface area contributed by atoms with Crippen molar-refractivity contribution in [2.24, 2.45) is 5.73 Å². The molecule has 0 spiro atoms. The molecule has 0 aliphatic carbocycles. The Morgan fingerprint density at radius 1 is 1.44 bits per heavy atom. The van der Waals surface area contributed by atoms with E-state index in [9.17, 15) is 0 Å². The number of hydrogen-bond donors (Lipinski definition) is 1. The Morgan fingerprint density at radius 3 is 3.19 bits per heavy atom. The van der Waals surface area contributed by atoms with Gasteiger partial charge in [-0.15, -0.1) is 10.2 Å². The Labute approximate surface area is 92.4 Å². The number of nitrogens with zero attached hydrogens (tertiary/aromatic N) is 4. The van der Waals surface area contributed by atoms with E-state index >= 15 is 0 Å². The van der Waals surface area contributed by atoms with Crippen LogP contribution in [0.4, 0.5) is 0 Å². The first-order valence-corrected chi connectivity index (χ1v) is 5.40. The van der Waals surface area contributed by atoms with Crippen LogP contribution >= 0.6 is 0 Å². The molecule has 84 valence electrons. The molecule has 0 bridgehead atoms. The van der Waals surface area contributed by atoms with Gasteiger partial charge in [-0.1, -0.05) is 0 Å². The van der Waals surface area contributed by atoms with E-state index < -0.39 is 0 Å². The summed E-state index contributed by atoms with van der Waals surface area (Å²) in [4.78, 5) is 0. The van der Waals surface area contributed by atoms with Crippen molar-refractivity contribution in [3.05, 3.63) is 24.2 Å². The molecule has 2 aromatic heterocycles. The van der Waals surface area contributed by atoms with Crippen molar-refractivity contribution in [1.82, 2.24) is 19.8 Å². The summed E-state index contributed by atoms with van der Waals surface area (Å²) < 4.78 is 7.50. The zero-order valence-electron chi connectivity index (χ0n) is 8.78. The third-order valence-corrected chi connectivity index (χ3v) is 2.86. The van der Waals surface area contributed by atoms with E-state index in [1.165, 1.54) is 0 Å². The first kappa shape index (κ1) is 9.68. The fraction of sp³-hybridized carbons (Fsp3) is 0.500. The van der Waals surface area contributed by atoms with E-state index in [1.807, 2.05) is 12.1 Å².